The summed E-state index contributed by atoms with van der Waals surface area (Å²) in [6.07, 6.45) is -0.220. The molecule has 2 aromatic rings. The normalized spacial score (nSPS) is 19.4. The number of hydrogen-bond acceptors (Lipinski definition) is 3. The molecule has 7 heteroatoms. The van der Waals surface area contributed by atoms with Crippen LogP contribution in [0, 0.1) is 0 Å². The first-order valence-electron chi connectivity index (χ1n) is 8.07. The zero-order valence-electron chi connectivity index (χ0n) is 13.8. The molecule has 0 radical (unpaired) electrons. The number of para-hydroxylation sites is 1. The van der Waals surface area contributed by atoms with E-state index in [2.05, 4.69) is 0 Å². The van der Waals surface area contributed by atoms with Gasteiger partial charge in [-0.15, -0.1) is 0 Å². The fourth-order valence-corrected chi connectivity index (χ4v) is 2.93. The summed E-state index contributed by atoms with van der Waals surface area (Å²) in [5.41, 5.74) is -1.24. The average Bonchev–Trinajstić information content (AvgIpc) is 3.05. The summed E-state index contributed by atoms with van der Waals surface area (Å²) < 4.78 is 20.0. The van der Waals surface area contributed by atoms with Crippen LogP contribution in [-0.4, -0.2) is 40.6 Å². The summed E-state index contributed by atoms with van der Waals surface area (Å²) in [5, 5.41) is 9.60. The van der Waals surface area contributed by atoms with Gasteiger partial charge in [0.1, 0.15) is 12.4 Å². The monoisotopic (exact) mass is 377 g/mol. The molecule has 26 heavy (non-hydrogen) atoms. The number of amides is 1. The van der Waals surface area contributed by atoms with Crippen molar-refractivity contribution < 1.29 is 23.8 Å². The van der Waals surface area contributed by atoms with E-state index < -0.39 is 24.1 Å². The van der Waals surface area contributed by atoms with E-state index in [9.17, 15) is 14.0 Å². The number of hydrogen-bond donors (Lipinski definition) is 1. The number of halogens is 2. The van der Waals surface area contributed by atoms with Gasteiger partial charge in [0.15, 0.2) is 0 Å². The SMILES string of the molecule is O=C(c1ccccc1OCc1ccc(Cl)cc1)N1CCC(F)(C(=O)O)C1. The smallest absolute Gasteiger partial charge is 0.343 e. The minimum absolute atomic E-state index is 0.0488. The second-order valence-electron chi connectivity index (χ2n) is 6.16. The number of nitrogens with zero attached hydrogens (tertiary/aromatic N) is 1. The topological polar surface area (TPSA) is 66.8 Å². The van der Waals surface area contributed by atoms with Crippen LogP contribution in [0.25, 0.3) is 0 Å². The van der Waals surface area contributed by atoms with Crippen molar-refractivity contribution in [2.24, 2.45) is 0 Å². The second kappa shape index (κ2) is 7.33. The minimum Gasteiger partial charge on any atom is -0.488 e. The molecule has 1 fully saturated rings. The molecule has 1 atom stereocenters. The van der Waals surface area contributed by atoms with Gasteiger partial charge in [-0.05, 0) is 29.8 Å². The van der Waals surface area contributed by atoms with Gasteiger partial charge in [-0.1, -0.05) is 35.9 Å². The highest BCUT2D eigenvalue weighted by molar-refractivity contribution is 6.30. The number of rotatable bonds is 5. The third-order valence-corrected chi connectivity index (χ3v) is 4.57. The molecule has 1 aliphatic heterocycles. The maximum absolute atomic E-state index is 14.2. The van der Waals surface area contributed by atoms with Crippen molar-refractivity contribution in [1.82, 2.24) is 4.90 Å². The molecule has 2 aromatic carbocycles. The van der Waals surface area contributed by atoms with Gasteiger partial charge in [-0.2, -0.15) is 0 Å². The summed E-state index contributed by atoms with van der Waals surface area (Å²) in [6.45, 7) is -0.177. The molecule has 136 valence electrons. The Morgan fingerprint density at radius 3 is 2.54 bits per heavy atom. The molecule has 0 spiro atoms. The molecule has 3 rings (SSSR count). The van der Waals surface area contributed by atoms with Gasteiger partial charge >= 0.3 is 5.97 Å². The van der Waals surface area contributed by atoms with Crippen molar-refractivity contribution in [2.45, 2.75) is 18.7 Å². The molecule has 0 aliphatic carbocycles. The van der Waals surface area contributed by atoms with Gasteiger partial charge in [0.25, 0.3) is 5.91 Å². The summed E-state index contributed by atoms with van der Waals surface area (Å²) in [5.74, 6) is -1.63. The van der Waals surface area contributed by atoms with Crippen LogP contribution in [0.5, 0.6) is 5.75 Å². The first kappa shape index (κ1) is 18.2. The Hall–Kier alpha value is -2.60. The van der Waals surface area contributed by atoms with Gasteiger partial charge in [-0.25, -0.2) is 9.18 Å². The van der Waals surface area contributed by atoms with Gasteiger partial charge in [-0.3, -0.25) is 4.79 Å². The Kier molecular flexibility index (Phi) is 5.13. The fraction of sp³-hybridized carbons (Fsp3) is 0.263. The quantitative estimate of drug-likeness (QED) is 0.865. The van der Waals surface area contributed by atoms with E-state index in [-0.39, 0.29) is 25.1 Å². The van der Waals surface area contributed by atoms with Crippen LogP contribution >= 0.6 is 11.6 Å². The Morgan fingerprint density at radius 1 is 1.19 bits per heavy atom. The van der Waals surface area contributed by atoms with Gasteiger partial charge < -0.3 is 14.7 Å². The highest BCUT2D eigenvalue weighted by Gasteiger charge is 2.47. The zero-order chi connectivity index (χ0) is 18.7. The number of carboxylic acid groups (broad SMARTS) is 1. The lowest BCUT2D eigenvalue weighted by molar-refractivity contribution is -0.149. The van der Waals surface area contributed by atoms with E-state index >= 15 is 0 Å². The molecular formula is C19H17ClFNO4. The van der Waals surface area contributed by atoms with Crippen LogP contribution in [0.3, 0.4) is 0 Å². The van der Waals surface area contributed by atoms with Crippen LogP contribution in [0.2, 0.25) is 5.02 Å². The number of carbonyl (C=O) groups excluding carboxylic acids is 1. The van der Waals surface area contributed by atoms with E-state index in [0.717, 1.165) is 5.56 Å². The standard InChI is InChI=1S/C19H17ClFNO4/c20-14-7-5-13(6-8-14)11-26-16-4-2-1-3-15(16)17(23)22-10-9-19(21,12-22)18(24)25/h1-8H,9-12H2,(H,24,25). The Morgan fingerprint density at radius 2 is 1.88 bits per heavy atom. The molecule has 1 saturated heterocycles. The Bertz CT molecular complexity index is 827. The van der Waals surface area contributed by atoms with Crippen LogP contribution in [0.1, 0.15) is 22.3 Å². The second-order valence-corrected chi connectivity index (χ2v) is 6.59. The summed E-state index contributed by atoms with van der Waals surface area (Å²) >= 11 is 5.85. The number of carboxylic acids is 1. The van der Waals surface area contributed by atoms with Crippen molar-refractivity contribution in [3.8, 4) is 5.75 Å². The van der Waals surface area contributed by atoms with E-state index in [1.165, 1.54) is 4.90 Å². The van der Waals surface area contributed by atoms with E-state index in [1.54, 1.807) is 36.4 Å². The first-order chi connectivity index (χ1) is 12.4. The number of aliphatic carboxylic acids is 1. The fourth-order valence-electron chi connectivity index (χ4n) is 2.80. The third-order valence-electron chi connectivity index (χ3n) is 4.32. The summed E-state index contributed by atoms with van der Waals surface area (Å²) in [7, 11) is 0. The molecule has 1 heterocycles. The molecular weight excluding hydrogens is 361 g/mol. The lowest BCUT2D eigenvalue weighted by Crippen LogP contribution is -2.39. The van der Waals surface area contributed by atoms with E-state index in [1.807, 2.05) is 12.1 Å². The lowest BCUT2D eigenvalue weighted by Gasteiger charge is -2.19. The van der Waals surface area contributed by atoms with Crippen molar-refractivity contribution >= 4 is 23.5 Å². The number of benzene rings is 2. The van der Waals surface area contributed by atoms with Gasteiger partial charge in [0.05, 0.1) is 12.1 Å². The maximum Gasteiger partial charge on any atom is 0.343 e. The predicted molar refractivity (Wildman–Crippen MR) is 94.2 cm³/mol. The molecule has 0 saturated carbocycles. The predicted octanol–water partition coefficient (Wildman–Crippen LogP) is 3.56. The van der Waals surface area contributed by atoms with Crippen molar-refractivity contribution in [3.63, 3.8) is 0 Å². The summed E-state index contributed by atoms with van der Waals surface area (Å²) in [6, 6.07) is 13.8. The number of likely N-dealkylation sites (tertiary alicyclic amines) is 1. The molecule has 0 bridgehead atoms. The molecule has 1 aliphatic rings. The third kappa shape index (κ3) is 3.80. The number of alkyl halides is 1. The van der Waals surface area contributed by atoms with Gasteiger partial charge in [0, 0.05) is 18.0 Å². The highest BCUT2D eigenvalue weighted by atomic mass is 35.5. The molecule has 1 N–H and O–H groups in total. The van der Waals surface area contributed by atoms with Crippen molar-refractivity contribution in [3.05, 3.63) is 64.7 Å². The average molecular weight is 378 g/mol. The first-order valence-corrected chi connectivity index (χ1v) is 8.45. The minimum atomic E-state index is -2.39. The molecule has 5 nitrogen and oxygen atoms in total. The van der Waals surface area contributed by atoms with E-state index in [4.69, 9.17) is 21.4 Å². The lowest BCUT2D eigenvalue weighted by atomic mass is 10.1. The molecule has 1 unspecified atom stereocenters. The number of carbonyl (C=O) groups is 2. The zero-order valence-corrected chi connectivity index (χ0v) is 14.6. The van der Waals surface area contributed by atoms with E-state index in [0.29, 0.717) is 10.8 Å². The largest absolute Gasteiger partial charge is 0.488 e. The van der Waals surface area contributed by atoms with Crippen molar-refractivity contribution in [1.29, 1.82) is 0 Å². The maximum atomic E-state index is 14.2. The van der Waals surface area contributed by atoms with Crippen LogP contribution in [-0.2, 0) is 11.4 Å². The van der Waals surface area contributed by atoms with Crippen molar-refractivity contribution in [2.75, 3.05) is 13.1 Å². The van der Waals surface area contributed by atoms with Crippen LogP contribution in [0.15, 0.2) is 48.5 Å². The Balaban J connectivity index is 1.73. The number of ether oxygens (including phenoxy) is 1. The summed E-state index contributed by atoms with van der Waals surface area (Å²) in [4.78, 5) is 24.9. The van der Waals surface area contributed by atoms with Gasteiger partial charge in [0.2, 0.25) is 5.67 Å². The highest BCUT2D eigenvalue weighted by Crippen LogP contribution is 2.29. The molecule has 1 amide bonds. The van der Waals surface area contributed by atoms with Crippen LogP contribution in [0.4, 0.5) is 4.39 Å². The molecule has 0 aromatic heterocycles. The van der Waals surface area contributed by atoms with Crippen LogP contribution < -0.4 is 4.74 Å². The Labute approximate surface area is 154 Å².